The van der Waals surface area contributed by atoms with Crippen LogP contribution in [0.4, 0.5) is 0 Å². The van der Waals surface area contributed by atoms with Gasteiger partial charge in [0.2, 0.25) is 0 Å². The lowest BCUT2D eigenvalue weighted by Crippen LogP contribution is -2.06. The highest BCUT2D eigenvalue weighted by Gasteiger charge is 2.14. The molecule has 1 N–H and O–H groups in total. The second-order valence-corrected chi connectivity index (χ2v) is 4.62. The van der Waals surface area contributed by atoms with Gasteiger partial charge in [0.05, 0.1) is 14.2 Å². The van der Waals surface area contributed by atoms with Crippen LogP contribution in [-0.4, -0.2) is 19.3 Å². The molecule has 0 spiro atoms. The van der Waals surface area contributed by atoms with E-state index in [-0.39, 0.29) is 11.9 Å². The highest BCUT2D eigenvalue weighted by Crippen LogP contribution is 2.32. The molecule has 2 aromatic carbocycles. The fourth-order valence-electron chi connectivity index (χ4n) is 2.10. The van der Waals surface area contributed by atoms with Gasteiger partial charge in [-0.25, -0.2) is 0 Å². The molecule has 112 valence electrons. The summed E-state index contributed by atoms with van der Waals surface area (Å²) in [5.41, 5.74) is 0.961. The van der Waals surface area contributed by atoms with Gasteiger partial charge in [0.25, 0.3) is 0 Å². The Morgan fingerprint density at radius 2 is 1.62 bits per heavy atom. The van der Waals surface area contributed by atoms with Crippen LogP contribution in [0.2, 0.25) is 0 Å². The molecule has 21 heavy (non-hydrogen) atoms. The number of ether oxygens (including phenoxy) is 3. The summed E-state index contributed by atoms with van der Waals surface area (Å²) in [6, 6.07) is 12.7. The van der Waals surface area contributed by atoms with Crippen LogP contribution < -0.4 is 14.2 Å². The van der Waals surface area contributed by atoms with Crippen molar-refractivity contribution in [2.75, 3.05) is 14.2 Å². The zero-order chi connectivity index (χ0) is 15.2. The maximum atomic E-state index is 9.66. The fourth-order valence-corrected chi connectivity index (χ4v) is 2.10. The predicted octanol–water partition coefficient (Wildman–Crippen LogP) is 3.94. The molecule has 4 nitrogen and oxygen atoms in total. The Kier molecular flexibility index (Phi) is 4.93. The van der Waals surface area contributed by atoms with Crippen molar-refractivity contribution in [3.05, 3.63) is 48.0 Å². The van der Waals surface area contributed by atoms with Gasteiger partial charge in [0.1, 0.15) is 17.6 Å². The smallest absolute Gasteiger partial charge is 0.160 e. The Morgan fingerprint density at radius 3 is 2.19 bits per heavy atom. The zero-order valence-electron chi connectivity index (χ0n) is 12.5. The number of methoxy groups -OCH3 is 2. The lowest BCUT2D eigenvalue weighted by Gasteiger charge is -2.19. The van der Waals surface area contributed by atoms with Gasteiger partial charge in [0, 0.05) is 0 Å². The SMILES string of the molecule is CCC(Oc1ccc(OC)cc1)c1ccc(O)c(OC)c1. The van der Waals surface area contributed by atoms with Crippen LogP contribution >= 0.6 is 0 Å². The Labute approximate surface area is 124 Å². The third-order valence-electron chi connectivity index (χ3n) is 3.28. The van der Waals surface area contributed by atoms with Gasteiger partial charge in [-0.1, -0.05) is 13.0 Å². The van der Waals surface area contributed by atoms with E-state index in [0.29, 0.717) is 5.75 Å². The number of benzene rings is 2. The van der Waals surface area contributed by atoms with Gasteiger partial charge in [-0.2, -0.15) is 0 Å². The molecule has 0 saturated carbocycles. The van der Waals surface area contributed by atoms with Crippen molar-refractivity contribution in [1.29, 1.82) is 0 Å². The molecule has 2 rings (SSSR count). The first-order chi connectivity index (χ1) is 10.2. The zero-order valence-corrected chi connectivity index (χ0v) is 12.5. The van der Waals surface area contributed by atoms with E-state index in [9.17, 15) is 5.11 Å². The summed E-state index contributed by atoms with van der Waals surface area (Å²) in [4.78, 5) is 0. The van der Waals surface area contributed by atoms with Crippen LogP contribution in [0, 0.1) is 0 Å². The number of aromatic hydroxyl groups is 1. The molecular formula is C17H20O4. The molecular weight excluding hydrogens is 268 g/mol. The van der Waals surface area contributed by atoms with Crippen LogP contribution in [0.3, 0.4) is 0 Å². The van der Waals surface area contributed by atoms with E-state index >= 15 is 0 Å². The van der Waals surface area contributed by atoms with Crippen LogP contribution in [0.15, 0.2) is 42.5 Å². The maximum absolute atomic E-state index is 9.66. The first-order valence-electron chi connectivity index (χ1n) is 6.85. The molecule has 0 fully saturated rings. The molecule has 0 saturated heterocycles. The van der Waals surface area contributed by atoms with Gasteiger partial charge in [-0.15, -0.1) is 0 Å². The summed E-state index contributed by atoms with van der Waals surface area (Å²) < 4.78 is 16.3. The molecule has 0 amide bonds. The number of phenolic OH excluding ortho intramolecular Hbond substituents is 1. The first-order valence-corrected chi connectivity index (χ1v) is 6.85. The minimum atomic E-state index is -0.104. The van der Waals surface area contributed by atoms with E-state index in [2.05, 4.69) is 0 Å². The number of hydrogen-bond donors (Lipinski definition) is 1. The number of phenols is 1. The lowest BCUT2D eigenvalue weighted by atomic mass is 10.1. The molecule has 0 aliphatic carbocycles. The van der Waals surface area contributed by atoms with Gasteiger partial charge in [-0.3, -0.25) is 0 Å². The number of rotatable bonds is 6. The van der Waals surface area contributed by atoms with Crippen molar-refractivity contribution in [2.45, 2.75) is 19.4 Å². The van der Waals surface area contributed by atoms with Crippen LogP contribution in [-0.2, 0) is 0 Å². The lowest BCUT2D eigenvalue weighted by molar-refractivity contribution is 0.200. The van der Waals surface area contributed by atoms with Crippen molar-refractivity contribution < 1.29 is 19.3 Å². The molecule has 4 heteroatoms. The summed E-state index contributed by atoms with van der Waals surface area (Å²) in [6.07, 6.45) is 0.702. The highest BCUT2D eigenvalue weighted by atomic mass is 16.5. The van der Waals surface area contributed by atoms with Gasteiger partial charge >= 0.3 is 0 Å². The van der Waals surface area contributed by atoms with E-state index < -0.39 is 0 Å². The largest absolute Gasteiger partial charge is 0.504 e. The average Bonchev–Trinajstić information content (AvgIpc) is 2.54. The van der Waals surface area contributed by atoms with Crippen LogP contribution in [0.25, 0.3) is 0 Å². The normalized spacial score (nSPS) is 11.8. The Balaban J connectivity index is 2.18. The summed E-state index contributed by atoms with van der Waals surface area (Å²) in [5, 5.41) is 9.66. The number of hydrogen-bond acceptors (Lipinski definition) is 4. The second kappa shape index (κ2) is 6.88. The quantitative estimate of drug-likeness (QED) is 0.874. The van der Waals surface area contributed by atoms with Crippen molar-refractivity contribution in [3.63, 3.8) is 0 Å². The monoisotopic (exact) mass is 288 g/mol. The minimum absolute atomic E-state index is 0.104. The van der Waals surface area contributed by atoms with Gasteiger partial charge in [-0.05, 0) is 48.4 Å². The molecule has 0 aliphatic heterocycles. The van der Waals surface area contributed by atoms with Crippen molar-refractivity contribution >= 4 is 0 Å². The molecule has 1 unspecified atom stereocenters. The molecule has 0 bridgehead atoms. The Morgan fingerprint density at radius 1 is 0.952 bits per heavy atom. The second-order valence-electron chi connectivity index (χ2n) is 4.62. The average molecular weight is 288 g/mol. The van der Waals surface area contributed by atoms with Crippen molar-refractivity contribution in [3.8, 4) is 23.0 Å². The standard InChI is InChI=1S/C17H20O4/c1-4-16(12-5-10-15(18)17(11-12)20-3)21-14-8-6-13(19-2)7-9-14/h5-11,16,18H,4H2,1-3H3. The molecule has 0 heterocycles. The molecule has 1 atom stereocenters. The Hall–Kier alpha value is -2.36. The van der Waals surface area contributed by atoms with E-state index in [1.807, 2.05) is 37.3 Å². The van der Waals surface area contributed by atoms with E-state index in [1.54, 1.807) is 19.2 Å². The summed E-state index contributed by atoms with van der Waals surface area (Å²) >= 11 is 0. The van der Waals surface area contributed by atoms with E-state index in [4.69, 9.17) is 14.2 Å². The van der Waals surface area contributed by atoms with Gasteiger partial charge in [0.15, 0.2) is 11.5 Å². The minimum Gasteiger partial charge on any atom is -0.504 e. The van der Waals surface area contributed by atoms with Gasteiger partial charge < -0.3 is 19.3 Å². The fraction of sp³-hybridized carbons (Fsp3) is 0.294. The van der Waals surface area contributed by atoms with Crippen molar-refractivity contribution in [1.82, 2.24) is 0 Å². The predicted molar refractivity (Wildman–Crippen MR) is 81.3 cm³/mol. The van der Waals surface area contributed by atoms with Crippen LogP contribution in [0.5, 0.6) is 23.0 Å². The molecule has 0 aromatic heterocycles. The summed E-state index contributed by atoms with van der Waals surface area (Å²) in [6.45, 7) is 2.05. The molecule has 0 aliphatic rings. The molecule has 2 aromatic rings. The van der Waals surface area contributed by atoms with E-state index in [1.165, 1.54) is 7.11 Å². The maximum Gasteiger partial charge on any atom is 0.160 e. The summed E-state index contributed by atoms with van der Waals surface area (Å²) in [5.74, 6) is 2.14. The third-order valence-corrected chi connectivity index (χ3v) is 3.28. The first kappa shape index (κ1) is 15.0. The van der Waals surface area contributed by atoms with Crippen molar-refractivity contribution in [2.24, 2.45) is 0 Å². The summed E-state index contributed by atoms with van der Waals surface area (Å²) in [7, 11) is 3.16. The Bertz CT molecular complexity index is 578. The highest BCUT2D eigenvalue weighted by molar-refractivity contribution is 5.42. The third kappa shape index (κ3) is 3.60. The molecule has 0 radical (unpaired) electrons. The van der Waals surface area contributed by atoms with Crippen LogP contribution in [0.1, 0.15) is 25.0 Å². The topological polar surface area (TPSA) is 47.9 Å². The van der Waals surface area contributed by atoms with E-state index in [0.717, 1.165) is 23.5 Å².